The van der Waals surface area contributed by atoms with Crippen LogP contribution in [0.15, 0.2) is 24.4 Å². The average molecular weight is 351 g/mol. The Morgan fingerprint density at radius 1 is 1.33 bits per heavy atom. The lowest BCUT2D eigenvalue weighted by atomic mass is 9.99. The SMILES string of the molecule is CCC(C)C(N)C(=O)Nc1cnn(-c2cc(C)ccc2C)c1C.Cl. The number of anilines is 1. The maximum atomic E-state index is 12.3. The van der Waals surface area contributed by atoms with Crippen LogP contribution in [-0.4, -0.2) is 21.7 Å². The van der Waals surface area contributed by atoms with Gasteiger partial charge >= 0.3 is 0 Å². The minimum Gasteiger partial charge on any atom is -0.322 e. The Balaban J connectivity index is 0.00000288. The minimum atomic E-state index is -0.511. The minimum absolute atomic E-state index is 0. The molecule has 1 amide bonds. The first-order valence-electron chi connectivity index (χ1n) is 8.03. The standard InChI is InChI=1S/C18H26N4O.ClH/c1-6-12(3)17(19)18(23)21-15-10-20-22(14(15)5)16-9-11(2)7-8-13(16)4;/h7-10,12,17H,6,19H2,1-5H3,(H,21,23);1H. The van der Waals surface area contributed by atoms with E-state index in [4.69, 9.17) is 5.73 Å². The molecule has 6 heteroatoms. The van der Waals surface area contributed by atoms with Gasteiger partial charge in [0.15, 0.2) is 0 Å². The summed E-state index contributed by atoms with van der Waals surface area (Å²) in [7, 11) is 0. The van der Waals surface area contributed by atoms with Gasteiger partial charge in [-0.15, -0.1) is 12.4 Å². The summed E-state index contributed by atoms with van der Waals surface area (Å²) in [6, 6.07) is 5.73. The van der Waals surface area contributed by atoms with Gasteiger partial charge in [-0.05, 0) is 43.9 Å². The van der Waals surface area contributed by atoms with Gasteiger partial charge in [0.1, 0.15) is 0 Å². The summed E-state index contributed by atoms with van der Waals surface area (Å²) in [6.45, 7) is 10.1. The summed E-state index contributed by atoms with van der Waals surface area (Å²) in [5.41, 5.74) is 10.9. The number of carbonyl (C=O) groups excluding carboxylic acids is 1. The zero-order valence-electron chi connectivity index (χ0n) is 15.0. The molecule has 2 rings (SSSR count). The van der Waals surface area contributed by atoms with Crippen LogP contribution in [0.2, 0.25) is 0 Å². The molecule has 0 saturated carbocycles. The maximum Gasteiger partial charge on any atom is 0.241 e. The number of nitrogens with zero attached hydrogens (tertiary/aromatic N) is 2. The quantitative estimate of drug-likeness (QED) is 0.866. The highest BCUT2D eigenvalue weighted by Crippen LogP contribution is 2.22. The van der Waals surface area contributed by atoms with Crippen LogP contribution in [0.5, 0.6) is 0 Å². The number of aryl methyl sites for hydroxylation is 2. The van der Waals surface area contributed by atoms with Gasteiger partial charge in [-0.1, -0.05) is 32.4 Å². The van der Waals surface area contributed by atoms with Crippen LogP contribution in [0.4, 0.5) is 5.69 Å². The van der Waals surface area contributed by atoms with E-state index >= 15 is 0 Å². The normalized spacial score (nSPS) is 13.1. The van der Waals surface area contributed by atoms with E-state index in [1.54, 1.807) is 6.20 Å². The van der Waals surface area contributed by atoms with Crippen LogP contribution < -0.4 is 11.1 Å². The van der Waals surface area contributed by atoms with Crippen molar-refractivity contribution >= 4 is 24.0 Å². The number of aromatic nitrogens is 2. The summed E-state index contributed by atoms with van der Waals surface area (Å²) >= 11 is 0. The average Bonchev–Trinajstić information content (AvgIpc) is 2.89. The number of hydrogen-bond acceptors (Lipinski definition) is 3. The lowest BCUT2D eigenvalue weighted by Crippen LogP contribution is -2.40. The van der Waals surface area contributed by atoms with Crippen molar-refractivity contribution in [3.8, 4) is 5.69 Å². The first kappa shape index (κ1) is 20.2. The molecule has 0 aliphatic carbocycles. The third-order valence-electron chi connectivity index (χ3n) is 4.42. The molecule has 0 saturated heterocycles. The van der Waals surface area contributed by atoms with Gasteiger partial charge in [0.2, 0.25) is 5.91 Å². The van der Waals surface area contributed by atoms with E-state index in [0.717, 1.165) is 23.4 Å². The van der Waals surface area contributed by atoms with Crippen molar-refractivity contribution in [1.82, 2.24) is 9.78 Å². The number of hydrogen-bond donors (Lipinski definition) is 2. The Bertz CT molecular complexity index is 711. The fourth-order valence-electron chi connectivity index (χ4n) is 2.45. The summed E-state index contributed by atoms with van der Waals surface area (Å²) in [6.07, 6.45) is 2.55. The predicted molar refractivity (Wildman–Crippen MR) is 101 cm³/mol. The Morgan fingerprint density at radius 2 is 2.00 bits per heavy atom. The van der Waals surface area contributed by atoms with Crippen LogP contribution in [-0.2, 0) is 4.79 Å². The lowest BCUT2D eigenvalue weighted by Gasteiger charge is -2.17. The molecule has 0 aliphatic heterocycles. The van der Waals surface area contributed by atoms with Gasteiger partial charge in [-0.2, -0.15) is 5.10 Å². The number of nitrogens with two attached hydrogens (primary N) is 1. The van der Waals surface area contributed by atoms with Gasteiger partial charge in [0.05, 0.1) is 29.3 Å². The molecule has 0 fully saturated rings. The maximum absolute atomic E-state index is 12.3. The first-order chi connectivity index (χ1) is 10.8. The molecule has 2 atom stereocenters. The van der Waals surface area contributed by atoms with Crippen LogP contribution in [0, 0.1) is 26.7 Å². The number of benzene rings is 1. The Hall–Kier alpha value is -1.85. The zero-order chi connectivity index (χ0) is 17.1. The number of amides is 1. The van der Waals surface area contributed by atoms with E-state index in [-0.39, 0.29) is 24.2 Å². The van der Waals surface area contributed by atoms with E-state index in [2.05, 4.69) is 35.5 Å². The largest absolute Gasteiger partial charge is 0.322 e. The monoisotopic (exact) mass is 350 g/mol. The molecular weight excluding hydrogens is 324 g/mol. The van der Waals surface area contributed by atoms with Crippen molar-refractivity contribution < 1.29 is 4.79 Å². The number of nitrogens with one attached hydrogen (secondary N) is 1. The second-order valence-corrected chi connectivity index (χ2v) is 6.25. The molecule has 132 valence electrons. The Labute approximate surface area is 150 Å². The van der Waals surface area contributed by atoms with Crippen molar-refractivity contribution in [2.45, 2.75) is 47.1 Å². The smallest absolute Gasteiger partial charge is 0.241 e. The highest BCUT2D eigenvalue weighted by atomic mass is 35.5. The van der Waals surface area contributed by atoms with E-state index in [9.17, 15) is 4.79 Å². The van der Waals surface area contributed by atoms with Crippen LogP contribution in [0.25, 0.3) is 5.69 Å². The third kappa shape index (κ3) is 4.16. The molecule has 24 heavy (non-hydrogen) atoms. The molecule has 2 aromatic rings. The van der Waals surface area contributed by atoms with Crippen molar-refractivity contribution in [3.05, 3.63) is 41.2 Å². The fraction of sp³-hybridized carbons (Fsp3) is 0.444. The summed E-state index contributed by atoms with van der Waals surface area (Å²) < 4.78 is 1.85. The number of rotatable bonds is 5. The number of halogens is 1. The van der Waals surface area contributed by atoms with E-state index in [1.165, 1.54) is 5.56 Å². The summed E-state index contributed by atoms with van der Waals surface area (Å²) in [5, 5.41) is 7.33. The van der Waals surface area contributed by atoms with Gasteiger partial charge in [0.25, 0.3) is 0 Å². The zero-order valence-corrected chi connectivity index (χ0v) is 15.8. The van der Waals surface area contributed by atoms with Gasteiger partial charge < -0.3 is 11.1 Å². The molecule has 1 aromatic heterocycles. The van der Waals surface area contributed by atoms with Crippen LogP contribution >= 0.6 is 12.4 Å². The molecule has 0 aliphatic rings. The summed E-state index contributed by atoms with van der Waals surface area (Å²) in [4.78, 5) is 12.3. The number of carbonyl (C=O) groups is 1. The molecule has 1 heterocycles. The van der Waals surface area contributed by atoms with Crippen molar-refractivity contribution in [3.63, 3.8) is 0 Å². The predicted octanol–water partition coefficient (Wildman–Crippen LogP) is 3.53. The molecule has 5 nitrogen and oxygen atoms in total. The van der Waals surface area contributed by atoms with Crippen LogP contribution in [0.3, 0.4) is 0 Å². The van der Waals surface area contributed by atoms with Gasteiger partial charge in [-0.25, -0.2) is 4.68 Å². The highest BCUT2D eigenvalue weighted by molar-refractivity contribution is 5.95. The van der Waals surface area contributed by atoms with Gasteiger partial charge in [-0.3, -0.25) is 4.79 Å². The molecular formula is C18H27ClN4O. The highest BCUT2D eigenvalue weighted by Gasteiger charge is 2.21. The molecule has 0 spiro atoms. The van der Waals surface area contributed by atoms with E-state index in [1.807, 2.05) is 32.4 Å². The van der Waals surface area contributed by atoms with Crippen molar-refractivity contribution in [2.75, 3.05) is 5.32 Å². The second-order valence-electron chi connectivity index (χ2n) is 6.25. The van der Waals surface area contributed by atoms with E-state index in [0.29, 0.717) is 5.69 Å². The summed E-state index contributed by atoms with van der Waals surface area (Å²) in [5.74, 6) is -0.0210. The van der Waals surface area contributed by atoms with Crippen molar-refractivity contribution in [1.29, 1.82) is 0 Å². The lowest BCUT2D eigenvalue weighted by molar-refractivity contribution is -0.118. The molecule has 2 unspecified atom stereocenters. The topological polar surface area (TPSA) is 72.9 Å². The molecule has 0 bridgehead atoms. The van der Waals surface area contributed by atoms with E-state index < -0.39 is 6.04 Å². The third-order valence-corrected chi connectivity index (χ3v) is 4.42. The first-order valence-corrected chi connectivity index (χ1v) is 8.03. The van der Waals surface area contributed by atoms with Gasteiger partial charge in [0, 0.05) is 0 Å². The Kier molecular flexibility index (Phi) is 6.99. The molecule has 0 radical (unpaired) electrons. The fourth-order valence-corrected chi connectivity index (χ4v) is 2.45. The van der Waals surface area contributed by atoms with Crippen LogP contribution in [0.1, 0.15) is 37.1 Å². The van der Waals surface area contributed by atoms with Crippen molar-refractivity contribution in [2.24, 2.45) is 11.7 Å². The Morgan fingerprint density at radius 3 is 2.62 bits per heavy atom. The molecule has 3 N–H and O–H groups in total. The second kappa shape index (κ2) is 8.31. The molecule has 1 aromatic carbocycles.